The summed E-state index contributed by atoms with van der Waals surface area (Å²) in [5, 5.41) is 0. The number of piperazine rings is 1. The van der Waals surface area contributed by atoms with Gasteiger partial charge in [-0.2, -0.15) is 0 Å². The van der Waals surface area contributed by atoms with Gasteiger partial charge in [-0.05, 0) is 36.2 Å². The summed E-state index contributed by atoms with van der Waals surface area (Å²) in [4.78, 5) is 28.9. The first-order valence-electron chi connectivity index (χ1n) is 9.41. The largest absolute Gasteiger partial charge is 0.493 e. The van der Waals surface area contributed by atoms with Crippen LogP contribution in [0.15, 0.2) is 54.6 Å². The number of rotatable bonds is 5. The molecule has 2 aromatic rings. The SMILES string of the molecule is CC(C)COc1cccc(C(=O)N2CCN(C(=O)c3ccccc3)CC2)c1. The summed E-state index contributed by atoms with van der Waals surface area (Å²) < 4.78 is 5.72. The molecule has 0 aromatic heterocycles. The van der Waals surface area contributed by atoms with E-state index >= 15 is 0 Å². The molecule has 5 nitrogen and oxygen atoms in total. The highest BCUT2D eigenvalue weighted by Gasteiger charge is 2.25. The molecule has 0 unspecified atom stereocenters. The second-order valence-corrected chi connectivity index (χ2v) is 7.18. The van der Waals surface area contributed by atoms with Crippen molar-refractivity contribution in [1.82, 2.24) is 9.80 Å². The van der Waals surface area contributed by atoms with Gasteiger partial charge in [0, 0.05) is 37.3 Å². The summed E-state index contributed by atoms with van der Waals surface area (Å²) >= 11 is 0. The molecule has 0 saturated carbocycles. The van der Waals surface area contributed by atoms with E-state index in [2.05, 4.69) is 13.8 Å². The van der Waals surface area contributed by atoms with E-state index < -0.39 is 0 Å². The third-order valence-corrected chi connectivity index (χ3v) is 4.54. The zero-order valence-corrected chi connectivity index (χ0v) is 15.9. The number of nitrogens with zero attached hydrogens (tertiary/aromatic N) is 2. The van der Waals surface area contributed by atoms with Crippen LogP contribution in [-0.4, -0.2) is 54.4 Å². The number of ether oxygens (including phenoxy) is 1. The van der Waals surface area contributed by atoms with Crippen molar-refractivity contribution in [3.63, 3.8) is 0 Å². The fraction of sp³-hybridized carbons (Fsp3) is 0.364. The molecule has 5 heteroatoms. The van der Waals surface area contributed by atoms with Gasteiger partial charge < -0.3 is 14.5 Å². The minimum atomic E-state index is -0.0168. The van der Waals surface area contributed by atoms with E-state index in [-0.39, 0.29) is 11.8 Å². The van der Waals surface area contributed by atoms with Crippen LogP contribution in [0.4, 0.5) is 0 Å². The smallest absolute Gasteiger partial charge is 0.254 e. The van der Waals surface area contributed by atoms with E-state index in [9.17, 15) is 9.59 Å². The average molecular weight is 366 g/mol. The molecule has 0 bridgehead atoms. The van der Waals surface area contributed by atoms with Crippen LogP contribution in [0.5, 0.6) is 5.75 Å². The second-order valence-electron chi connectivity index (χ2n) is 7.18. The molecule has 27 heavy (non-hydrogen) atoms. The van der Waals surface area contributed by atoms with Crippen LogP contribution < -0.4 is 4.74 Å². The van der Waals surface area contributed by atoms with Crippen LogP contribution >= 0.6 is 0 Å². The second kappa shape index (κ2) is 8.71. The molecule has 2 aromatic carbocycles. The lowest BCUT2D eigenvalue weighted by atomic mass is 10.1. The molecule has 0 radical (unpaired) electrons. The van der Waals surface area contributed by atoms with Gasteiger partial charge in [-0.25, -0.2) is 0 Å². The zero-order valence-electron chi connectivity index (χ0n) is 15.9. The van der Waals surface area contributed by atoms with Gasteiger partial charge >= 0.3 is 0 Å². The van der Waals surface area contributed by atoms with Crippen molar-refractivity contribution < 1.29 is 14.3 Å². The van der Waals surface area contributed by atoms with Gasteiger partial charge in [-0.3, -0.25) is 9.59 Å². The first-order chi connectivity index (χ1) is 13.0. The lowest BCUT2D eigenvalue weighted by Crippen LogP contribution is -2.50. The molecule has 1 heterocycles. The zero-order chi connectivity index (χ0) is 19.2. The third-order valence-electron chi connectivity index (χ3n) is 4.54. The number of hydrogen-bond donors (Lipinski definition) is 0. The first-order valence-corrected chi connectivity index (χ1v) is 9.41. The number of carbonyl (C=O) groups excluding carboxylic acids is 2. The minimum Gasteiger partial charge on any atom is -0.493 e. The standard InChI is InChI=1S/C22H26N2O3/c1-17(2)16-27-20-10-6-9-19(15-20)22(26)24-13-11-23(12-14-24)21(25)18-7-4-3-5-8-18/h3-10,15,17H,11-14,16H2,1-2H3. The highest BCUT2D eigenvalue weighted by Crippen LogP contribution is 2.17. The Morgan fingerprint density at radius 1 is 0.852 bits per heavy atom. The van der Waals surface area contributed by atoms with Gasteiger partial charge in [0.1, 0.15) is 5.75 Å². The van der Waals surface area contributed by atoms with Crippen LogP contribution in [0.2, 0.25) is 0 Å². The quantitative estimate of drug-likeness (QED) is 0.816. The first kappa shape index (κ1) is 19.0. The fourth-order valence-electron chi connectivity index (χ4n) is 3.04. The topological polar surface area (TPSA) is 49.9 Å². The average Bonchev–Trinajstić information content (AvgIpc) is 2.72. The van der Waals surface area contributed by atoms with Gasteiger partial charge in [0.05, 0.1) is 6.61 Å². The maximum absolute atomic E-state index is 12.8. The molecule has 142 valence electrons. The molecule has 1 aliphatic rings. The van der Waals surface area contributed by atoms with Gasteiger partial charge in [0.25, 0.3) is 11.8 Å². The molecular weight excluding hydrogens is 340 g/mol. The van der Waals surface area contributed by atoms with Crippen molar-refractivity contribution in [1.29, 1.82) is 0 Å². The lowest BCUT2D eigenvalue weighted by Gasteiger charge is -2.35. The summed E-state index contributed by atoms with van der Waals surface area (Å²) in [5.41, 5.74) is 1.31. The number of benzene rings is 2. The Balaban J connectivity index is 1.58. The summed E-state index contributed by atoms with van der Waals surface area (Å²) in [6, 6.07) is 16.6. The summed E-state index contributed by atoms with van der Waals surface area (Å²) in [6.07, 6.45) is 0. The van der Waals surface area contributed by atoms with Crippen molar-refractivity contribution in [2.75, 3.05) is 32.8 Å². The minimum absolute atomic E-state index is 0.0168. The Hall–Kier alpha value is -2.82. The molecule has 2 amide bonds. The molecule has 0 N–H and O–H groups in total. The maximum atomic E-state index is 12.8. The third kappa shape index (κ3) is 4.88. The molecule has 0 spiro atoms. The molecule has 1 saturated heterocycles. The molecule has 0 aliphatic carbocycles. The Bertz CT molecular complexity index is 781. The van der Waals surface area contributed by atoms with E-state index in [4.69, 9.17) is 4.74 Å². The fourth-order valence-corrected chi connectivity index (χ4v) is 3.04. The van der Waals surface area contributed by atoms with Crippen molar-refractivity contribution in [3.8, 4) is 5.75 Å². The van der Waals surface area contributed by atoms with Gasteiger partial charge in [0.2, 0.25) is 0 Å². The monoisotopic (exact) mass is 366 g/mol. The van der Waals surface area contributed by atoms with Gasteiger partial charge in [-0.1, -0.05) is 38.1 Å². The molecule has 3 rings (SSSR count). The Morgan fingerprint density at radius 2 is 1.41 bits per heavy atom. The normalized spacial score (nSPS) is 14.3. The van der Waals surface area contributed by atoms with Crippen LogP contribution in [0.25, 0.3) is 0 Å². The van der Waals surface area contributed by atoms with Crippen LogP contribution in [0.1, 0.15) is 34.6 Å². The van der Waals surface area contributed by atoms with Crippen molar-refractivity contribution in [2.24, 2.45) is 5.92 Å². The van der Waals surface area contributed by atoms with Gasteiger partial charge in [-0.15, -0.1) is 0 Å². The predicted octanol–water partition coefficient (Wildman–Crippen LogP) is 3.32. The Labute approximate surface area is 160 Å². The number of carbonyl (C=O) groups is 2. The molecule has 0 atom stereocenters. The highest BCUT2D eigenvalue weighted by atomic mass is 16.5. The van der Waals surface area contributed by atoms with Gasteiger partial charge in [0.15, 0.2) is 0 Å². The maximum Gasteiger partial charge on any atom is 0.254 e. The summed E-state index contributed by atoms with van der Waals surface area (Å²) in [5.74, 6) is 1.15. The van der Waals surface area contributed by atoms with Crippen molar-refractivity contribution >= 4 is 11.8 Å². The van der Waals surface area contributed by atoms with Crippen LogP contribution in [-0.2, 0) is 0 Å². The predicted molar refractivity (Wildman–Crippen MR) is 105 cm³/mol. The van der Waals surface area contributed by atoms with E-state index in [1.807, 2.05) is 48.5 Å². The molecular formula is C22H26N2O3. The Morgan fingerprint density at radius 3 is 2.00 bits per heavy atom. The number of hydrogen-bond acceptors (Lipinski definition) is 3. The molecule has 1 fully saturated rings. The molecule has 1 aliphatic heterocycles. The van der Waals surface area contributed by atoms with Crippen LogP contribution in [0, 0.1) is 5.92 Å². The summed E-state index contributed by atoms with van der Waals surface area (Å²) in [6.45, 7) is 6.96. The van der Waals surface area contributed by atoms with E-state index in [1.54, 1.807) is 15.9 Å². The number of amides is 2. The lowest BCUT2D eigenvalue weighted by molar-refractivity contribution is 0.0535. The van der Waals surface area contributed by atoms with Crippen molar-refractivity contribution in [2.45, 2.75) is 13.8 Å². The van der Waals surface area contributed by atoms with E-state index in [1.165, 1.54) is 0 Å². The van der Waals surface area contributed by atoms with Crippen molar-refractivity contribution in [3.05, 3.63) is 65.7 Å². The Kier molecular flexibility index (Phi) is 6.12. The van der Waals surface area contributed by atoms with Crippen LogP contribution in [0.3, 0.4) is 0 Å². The van der Waals surface area contributed by atoms with E-state index in [0.717, 1.165) is 0 Å². The highest BCUT2D eigenvalue weighted by molar-refractivity contribution is 5.96. The summed E-state index contributed by atoms with van der Waals surface area (Å²) in [7, 11) is 0. The van der Waals surface area contributed by atoms with E-state index in [0.29, 0.717) is 55.6 Å².